The molecule has 4 aromatic rings. The first-order chi connectivity index (χ1) is 12.1. The topological polar surface area (TPSA) is 85.9 Å². The van der Waals surface area contributed by atoms with E-state index in [9.17, 15) is 14.7 Å². The molecule has 0 aliphatic carbocycles. The average Bonchev–Trinajstić information content (AvgIpc) is 3.07. The second-order valence-corrected chi connectivity index (χ2v) is 5.76. The Kier molecular flexibility index (Phi) is 3.47. The summed E-state index contributed by atoms with van der Waals surface area (Å²) in [7, 11) is 0. The third kappa shape index (κ3) is 2.61. The van der Waals surface area contributed by atoms with Gasteiger partial charge in [0.2, 0.25) is 0 Å². The molecule has 0 bridgehead atoms. The van der Waals surface area contributed by atoms with Crippen LogP contribution in [0, 0.1) is 0 Å². The molecular weight excluding hydrogens is 316 g/mol. The first-order valence-corrected chi connectivity index (χ1v) is 7.77. The fourth-order valence-corrected chi connectivity index (χ4v) is 2.97. The van der Waals surface area contributed by atoms with Crippen molar-refractivity contribution in [2.45, 2.75) is 0 Å². The van der Waals surface area contributed by atoms with Gasteiger partial charge in [0.05, 0.1) is 5.56 Å². The molecule has 122 valence electrons. The van der Waals surface area contributed by atoms with Crippen LogP contribution in [0.4, 0.5) is 0 Å². The Morgan fingerprint density at radius 2 is 1.76 bits per heavy atom. The molecule has 0 fully saturated rings. The summed E-state index contributed by atoms with van der Waals surface area (Å²) in [6.45, 7) is 0. The number of benzene rings is 2. The SMILES string of the molecule is O=C(O)c1c[nH]c2c(=O)[nH]c3ccc(C=Cc4ccccc4)cc3c12. The summed E-state index contributed by atoms with van der Waals surface area (Å²) in [5.41, 5.74) is 2.63. The number of carboxylic acids is 1. The second-order valence-electron chi connectivity index (χ2n) is 5.76. The van der Waals surface area contributed by atoms with Crippen molar-refractivity contribution in [1.29, 1.82) is 0 Å². The monoisotopic (exact) mass is 330 g/mol. The van der Waals surface area contributed by atoms with Gasteiger partial charge in [-0.3, -0.25) is 4.79 Å². The van der Waals surface area contributed by atoms with Crippen LogP contribution < -0.4 is 5.56 Å². The lowest BCUT2D eigenvalue weighted by molar-refractivity contribution is 0.0699. The van der Waals surface area contributed by atoms with E-state index in [1.54, 1.807) is 6.07 Å². The van der Waals surface area contributed by atoms with Crippen LogP contribution in [0.25, 0.3) is 34.0 Å². The van der Waals surface area contributed by atoms with Crippen LogP contribution in [-0.2, 0) is 0 Å². The third-order valence-electron chi connectivity index (χ3n) is 4.17. The minimum Gasteiger partial charge on any atom is -0.478 e. The number of fused-ring (bicyclic) bond motifs is 3. The molecule has 0 radical (unpaired) electrons. The molecule has 25 heavy (non-hydrogen) atoms. The quantitative estimate of drug-likeness (QED) is 0.498. The Morgan fingerprint density at radius 1 is 1.00 bits per heavy atom. The fourth-order valence-electron chi connectivity index (χ4n) is 2.97. The van der Waals surface area contributed by atoms with Gasteiger partial charge in [0.1, 0.15) is 5.52 Å². The van der Waals surface area contributed by atoms with Gasteiger partial charge >= 0.3 is 5.97 Å². The van der Waals surface area contributed by atoms with Gasteiger partial charge in [-0.2, -0.15) is 0 Å². The van der Waals surface area contributed by atoms with Gasteiger partial charge in [0.25, 0.3) is 5.56 Å². The Balaban J connectivity index is 1.92. The molecule has 0 saturated carbocycles. The molecule has 0 unspecified atom stereocenters. The first kappa shape index (κ1) is 15.0. The summed E-state index contributed by atoms with van der Waals surface area (Å²) < 4.78 is 0. The number of hydrogen-bond acceptors (Lipinski definition) is 2. The number of hydrogen-bond donors (Lipinski definition) is 3. The maximum atomic E-state index is 12.1. The predicted octanol–water partition coefficient (Wildman–Crippen LogP) is 3.88. The number of aromatic amines is 2. The molecular formula is C20H14N2O3. The van der Waals surface area contributed by atoms with Gasteiger partial charge in [-0.15, -0.1) is 0 Å². The summed E-state index contributed by atoms with van der Waals surface area (Å²) in [4.78, 5) is 29.2. The van der Waals surface area contributed by atoms with Crippen molar-refractivity contribution in [3.8, 4) is 0 Å². The van der Waals surface area contributed by atoms with E-state index in [1.165, 1.54) is 6.20 Å². The highest BCUT2D eigenvalue weighted by molar-refractivity contribution is 6.14. The number of carboxylic acid groups (broad SMARTS) is 1. The van der Waals surface area contributed by atoms with Gasteiger partial charge in [-0.05, 0) is 23.3 Å². The number of pyridine rings is 1. The number of H-pyrrole nitrogens is 2. The summed E-state index contributed by atoms with van der Waals surface area (Å²) in [5.74, 6) is -1.07. The largest absolute Gasteiger partial charge is 0.478 e. The molecule has 3 N–H and O–H groups in total. The lowest BCUT2D eigenvalue weighted by Crippen LogP contribution is -2.07. The highest BCUT2D eigenvalue weighted by atomic mass is 16.4. The molecule has 5 nitrogen and oxygen atoms in total. The van der Waals surface area contributed by atoms with Crippen molar-refractivity contribution in [2.75, 3.05) is 0 Å². The normalized spacial score (nSPS) is 11.5. The van der Waals surface area contributed by atoms with Crippen molar-refractivity contribution in [1.82, 2.24) is 9.97 Å². The van der Waals surface area contributed by atoms with Crippen molar-refractivity contribution in [2.24, 2.45) is 0 Å². The second kappa shape index (κ2) is 5.79. The highest BCUT2D eigenvalue weighted by Crippen LogP contribution is 2.26. The van der Waals surface area contributed by atoms with E-state index in [0.29, 0.717) is 16.3 Å². The fraction of sp³-hybridized carbons (Fsp3) is 0. The standard InChI is InChI=1S/C20H14N2O3/c23-19-18-17(15(11-21-18)20(24)25)14-10-13(8-9-16(14)22-19)7-6-12-4-2-1-3-5-12/h1-11,21H,(H,22,23)(H,24,25). The number of aromatic nitrogens is 2. The summed E-state index contributed by atoms with van der Waals surface area (Å²) >= 11 is 0. The van der Waals surface area contributed by atoms with Gasteiger partial charge in [-0.1, -0.05) is 48.6 Å². The Labute approximate surface area is 142 Å². The minimum absolute atomic E-state index is 0.0929. The van der Waals surface area contributed by atoms with Crippen molar-refractivity contribution >= 4 is 39.9 Å². The molecule has 5 heteroatoms. The third-order valence-corrected chi connectivity index (χ3v) is 4.17. The van der Waals surface area contributed by atoms with Crippen LogP contribution in [0.1, 0.15) is 21.5 Å². The Hall–Kier alpha value is -3.60. The summed E-state index contributed by atoms with van der Waals surface area (Å²) in [5, 5.41) is 10.5. The molecule has 0 saturated heterocycles. The number of aromatic carboxylic acids is 1. The maximum Gasteiger partial charge on any atom is 0.337 e. The van der Waals surface area contributed by atoms with Crippen LogP contribution >= 0.6 is 0 Å². The van der Waals surface area contributed by atoms with E-state index in [2.05, 4.69) is 9.97 Å². The van der Waals surface area contributed by atoms with Crippen LogP contribution in [0.3, 0.4) is 0 Å². The van der Waals surface area contributed by atoms with Gasteiger partial charge in [-0.25, -0.2) is 4.79 Å². The molecule has 2 aromatic heterocycles. The van der Waals surface area contributed by atoms with Crippen LogP contribution in [-0.4, -0.2) is 21.0 Å². The zero-order chi connectivity index (χ0) is 17.4. The molecule has 0 aliphatic rings. The van der Waals surface area contributed by atoms with Crippen molar-refractivity contribution in [3.05, 3.63) is 81.8 Å². The van der Waals surface area contributed by atoms with E-state index in [4.69, 9.17) is 0 Å². The summed E-state index contributed by atoms with van der Waals surface area (Å²) in [6, 6.07) is 15.5. The van der Waals surface area contributed by atoms with Gasteiger partial charge in [0.15, 0.2) is 0 Å². The zero-order valence-electron chi connectivity index (χ0n) is 13.1. The van der Waals surface area contributed by atoms with E-state index < -0.39 is 5.97 Å². The van der Waals surface area contributed by atoms with Crippen LogP contribution in [0.5, 0.6) is 0 Å². The zero-order valence-corrected chi connectivity index (χ0v) is 13.1. The smallest absolute Gasteiger partial charge is 0.337 e. The molecule has 0 aliphatic heterocycles. The molecule has 0 atom stereocenters. The Morgan fingerprint density at radius 3 is 2.52 bits per heavy atom. The van der Waals surface area contributed by atoms with E-state index in [1.807, 2.05) is 54.6 Å². The van der Waals surface area contributed by atoms with Crippen LogP contribution in [0.15, 0.2) is 59.5 Å². The van der Waals surface area contributed by atoms with E-state index in [0.717, 1.165) is 11.1 Å². The molecule has 2 heterocycles. The first-order valence-electron chi connectivity index (χ1n) is 7.77. The Bertz CT molecular complexity index is 1180. The number of rotatable bonds is 3. The lowest BCUT2D eigenvalue weighted by Gasteiger charge is -2.03. The van der Waals surface area contributed by atoms with E-state index in [-0.39, 0.29) is 16.6 Å². The lowest BCUT2D eigenvalue weighted by atomic mass is 10.0. The number of nitrogens with one attached hydrogen (secondary N) is 2. The molecule has 4 rings (SSSR count). The maximum absolute atomic E-state index is 12.1. The molecule has 0 spiro atoms. The molecule has 0 amide bonds. The highest BCUT2D eigenvalue weighted by Gasteiger charge is 2.16. The predicted molar refractivity (Wildman–Crippen MR) is 98.8 cm³/mol. The number of carbonyl (C=O) groups is 1. The van der Waals surface area contributed by atoms with Crippen molar-refractivity contribution in [3.63, 3.8) is 0 Å². The van der Waals surface area contributed by atoms with Crippen LogP contribution in [0.2, 0.25) is 0 Å². The van der Waals surface area contributed by atoms with Crippen molar-refractivity contribution < 1.29 is 9.90 Å². The van der Waals surface area contributed by atoms with Gasteiger partial charge in [0, 0.05) is 22.5 Å². The van der Waals surface area contributed by atoms with E-state index >= 15 is 0 Å². The summed E-state index contributed by atoms with van der Waals surface area (Å²) in [6.07, 6.45) is 5.30. The van der Waals surface area contributed by atoms with Gasteiger partial charge < -0.3 is 15.1 Å². The average molecular weight is 330 g/mol. The molecule has 2 aromatic carbocycles. The minimum atomic E-state index is -1.07.